The first kappa shape index (κ1) is 14.7. The molecule has 3 heterocycles. The van der Waals surface area contributed by atoms with E-state index in [-0.39, 0.29) is 30.3 Å². The van der Waals surface area contributed by atoms with E-state index in [9.17, 15) is 14.4 Å². The summed E-state index contributed by atoms with van der Waals surface area (Å²) in [6.07, 6.45) is 0.429. The van der Waals surface area contributed by atoms with Gasteiger partial charge < -0.3 is 20.5 Å². The maximum absolute atomic E-state index is 12.6. The number of rotatable bonds is 2. The zero-order chi connectivity index (χ0) is 16.8. The Morgan fingerprint density at radius 2 is 2.21 bits per heavy atom. The van der Waals surface area contributed by atoms with Crippen LogP contribution in [-0.4, -0.2) is 57.8 Å². The van der Waals surface area contributed by atoms with Gasteiger partial charge in [0.15, 0.2) is 0 Å². The number of carbonyl (C=O) groups excluding carboxylic acids is 3. The summed E-state index contributed by atoms with van der Waals surface area (Å²) in [5.74, 6) is 0.230. The van der Waals surface area contributed by atoms with Gasteiger partial charge in [0.05, 0.1) is 17.6 Å². The van der Waals surface area contributed by atoms with Gasteiger partial charge in [0.2, 0.25) is 11.8 Å². The van der Waals surface area contributed by atoms with Crippen molar-refractivity contribution in [2.75, 3.05) is 13.1 Å². The molecule has 4 rings (SSSR count). The Morgan fingerprint density at radius 3 is 3.00 bits per heavy atom. The molecule has 3 N–H and O–H groups in total. The van der Waals surface area contributed by atoms with Crippen LogP contribution >= 0.6 is 0 Å². The molecular weight excluding hydrogens is 310 g/mol. The Balaban J connectivity index is 1.54. The molecule has 0 aliphatic carbocycles. The molecule has 2 aliphatic heterocycles. The Kier molecular flexibility index (Phi) is 3.26. The minimum absolute atomic E-state index is 0.0296. The van der Waals surface area contributed by atoms with Gasteiger partial charge in [0.25, 0.3) is 5.91 Å². The van der Waals surface area contributed by atoms with Crippen molar-refractivity contribution in [1.29, 1.82) is 0 Å². The maximum Gasteiger partial charge on any atom is 0.253 e. The number of H-pyrrole nitrogens is 1. The minimum atomic E-state index is -0.486. The number of carbonyl (C=O) groups is 3. The third-order valence-corrected chi connectivity index (χ3v) is 4.55. The molecule has 2 atom stereocenters. The summed E-state index contributed by atoms with van der Waals surface area (Å²) in [4.78, 5) is 45.4. The van der Waals surface area contributed by atoms with Gasteiger partial charge in [-0.1, -0.05) is 6.07 Å². The summed E-state index contributed by atoms with van der Waals surface area (Å²) in [5, 5.41) is 5.51. The van der Waals surface area contributed by atoms with Crippen molar-refractivity contribution in [2.24, 2.45) is 0 Å². The van der Waals surface area contributed by atoms with Crippen molar-refractivity contribution in [3.63, 3.8) is 0 Å². The predicted octanol–water partition coefficient (Wildman–Crippen LogP) is -0.300. The highest BCUT2D eigenvalue weighted by Gasteiger charge is 2.42. The maximum atomic E-state index is 12.6. The lowest BCUT2D eigenvalue weighted by molar-refractivity contribution is -0.143. The number of aromatic nitrogens is 2. The third kappa shape index (κ3) is 2.31. The zero-order valence-electron chi connectivity index (χ0n) is 13.1. The Morgan fingerprint density at radius 1 is 1.38 bits per heavy atom. The number of amides is 3. The number of nitrogens with one attached hydrogen (secondary N) is 3. The molecule has 0 unspecified atom stereocenters. The fraction of sp³-hybridized carbons (Fsp3) is 0.375. The molecule has 3 amide bonds. The number of aromatic amines is 1. The summed E-state index contributed by atoms with van der Waals surface area (Å²) in [6, 6.07) is 4.65. The second-order valence-electron chi connectivity index (χ2n) is 6.21. The number of aryl methyl sites for hydroxylation is 1. The van der Waals surface area contributed by atoms with Crippen LogP contribution in [0, 0.1) is 6.92 Å². The first-order valence-electron chi connectivity index (χ1n) is 7.86. The second kappa shape index (κ2) is 5.33. The van der Waals surface area contributed by atoms with Gasteiger partial charge in [-0.3, -0.25) is 14.4 Å². The molecule has 0 saturated carbocycles. The number of nitrogens with zero attached hydrogens (tertiary/aromatic N) is 2. The average molecular weight is 327 g/mol. The van der Waals surface area contributed by atoms with Gasteiger partial charge in [-0.15, -0.1) is 0 Å². The fourth-order valence-electron chi connectivity index (χ4n) is 3.45. The van der Waals surface area contributed by atoms with Crippen molar-refractivity contribution < 1.29 is 14.4 Å². The molecular formula is C16H17N5O3. The van der Waals surface area contributed by atoms with Gasteiger partial charge in [-0.2, -0.15) is 0 Å². The molecule has 2 aliphatic rings. The first-order chi connectivity index (χ1) is 11.5. The third-order valence-electron chi connectivity index (χ3n) is 4.55. The van der Waals surface area contributed by atoms with Crippen LogP contribution in [0.15, 0.2) is 18.2 Å². The number of para-hydroxylation sites is 1. The normalized spacial score (nSPS) is 23.3. The van der Waals surface area contributed by atoms with Crippen LogP contribution in [0.2, 0.25) is 0 Å². The summed E-state index contributed by atoms with van der Waals surface area (Å²) >= 11 is 0. The van der Waals surface area contributed by atoms with Gasteiger partial charge in [0, 0.05) is 12.6 Å². The van der Waals surface area contributed by atoms with E-state index >= 15 is 0 Å². The van der Waals surface area contributed by atoms with Crippen LogP contribution < -0.4 is 10.6 Å². The quantitative estimate of drug-likeness (QED) is 0.704. The van der Waals surface area contributed by atoms with Gasteiger partial charge >= 0.3 is 0 Å². The molecule has 2 aromatic rings. The number of benzene rings is 1. The van der Waals surface area contributed by atoms with E-state index < -0.39 is 6.04 Å². The van der Waals surface area contributed by atoms with Crippen LogP contribution in [-0.2, 0) is 9.59 Å². The zero-order valence-corrected chi connectivity index (χ0v) is 13.1. The van der Waals surface area contributed by atoms with E-state index in [2.05, 4.69) is 20.6 Å². The highest BCUT2D eigenvalue weighted by Crippen LogP contribution is 2.22. The number of piperazine rings is 1. The number of hydrogen-bond donors (Lipinski definition) is 3. The summed E-state index contributed by atoms with van der Waals surface area (Å²) in [5.41, 5.74) is 1.91. The number of hydrogen-bond acceptors (Lipinski definition) is 4. The van der Waals surface area contributed by atoms with Crippen LogP contribution in [0.25, 0.3) is 11.0 Å². The molecule has 2 fully saturated rings. The van der Waals surface area contributed by atoms with Crippen molar-refractivity contribution in [1.82, 2.24) is 25.5 Å². The molecule has 0 bridgehead atoms. The molecule has 0 spiro atoms. The van der Waals surface area contributed by atoms with Crippen molar-refractivity contribution >= 4 is 28.8 Å². The lowest BCUT2D eigenvalue weighted by Gasteiger charge is -2.28. The van der Waals surface area contributed by atoms with E-state index in [0.29, 0.717) is 24.0 Å². The lowest BCUT2D eigenvalue weighted by atomic mass is 10.1. The molecule has 2 saturated heterocycles. The molecule has 1 aromatic heterocycles. The topological polar surface area (TPSA) is 107 Å². The van der Waals surface area contributed by atoms with Crippen molar-refractivity contribution in [3.8, 4) is 0 Å². The number of fused-ring (bicyclic) bond motifs is 2. The monoisotopic (exact) mass is 327 g/mol. The smallest absolute Gasteiger partial charge is 0.253 e. The highest BCUT2D eigenvalue weighted by molar-refractivity contribution is 6.05. The van der Waals surface area contributed by atoms with Crippen LogP contribution in [0.4, 0.5) is 0 Å². The molecule has 24 heavy (non-hydrogen) atoms. The largest absolute Gasteiger partial charge is 0.347 e. The van der Waals surface area contributed by atoms with E-state index in [4.69, 9.17) is 0 Å². The highest BCUT2D eigenvalue weighted by atomic mass is 16.2. The van der Waals surface area contributed by atoms with E-state index in [1.54, 1.807) is 17.0 Å². The second-order valence-corrected chi connectivity index (χ2v) is 6.21. The van der Waals surface area contributed by atoms with Gasteiger partial charge in [0.1, 0.15) is 17.4 Å². The van der Waals surface area contributed by atoms with Crippen LogP contribution in [0.5, 0.6) is 0 Å². The SMILES string of the molecule is Cc1nc2c(C(=O)N[C@@H]3C[C@H]4C(=O)NCC(=O)N4C3)cccc2[nH]1. The Hall–Kier alpha value is -2.90. The van der Waals surface area contributed by atoms with Gasteiger partial charge in [-0.05, 0) is 25.5 Å². The number of imidazole rings is 1. The first-order valence-corrected chi connectivity index (χ1v) is 7.86. The Bertz CT molecular complexity index is 835. The Labute approximate surface area is 137 Å². The summed E-state index contributed by atoms with van der Waals surface area (Å²) in [6.45, 7) is 2.22. The van der Waals surface area contributed by atoms with Crippen LogP contribution in [0.3, 0.4) is 0 Å². The van der Waals surface area contributed by atoms with E-state index in [1.807, 2.05) is 13.0 Å². The van der Waals surface area contributed by atoms with E-state index in [0.717, 1.165) is 11.3 Å². The molecule has 8 nitrogen and oxygen atoms in total. The molecule has 8 heteroatoms. The standard InChI is InChI=1S/C16H17N5O3/c1-8-18-11-4-2-3-10(14(11)19-8)15(23)20-9-5-12-16(24)17-6-13(22)21(12)7-9/h2-4,9,12H,5-7H2,1H3,(H,17,24)(H,18,19)(H,20,23)/t9-,12+/m1/s1. The average Bonchev–Trinajstić information content (AvgIpc) is 3.13. The summed E-state index contributed by atoms with van der Waals surface area (Å²) < 4.78 is 0. The fourth-order valence-corrected chi connectivity index (χ4v) is 3.45. The van der Waals surface area contributed by atoms with E-state index in [1.165, 1.54) is 0 Å². The van der Waals surface area contributed by atoms with Crippen LogP contribution in [0.1, 0.15) is 22.6 Å². The van der Waals surface area contributed by atoms with Gasteiger partial charge in [-0.25, -0.2) is 4.98 Å². The lowest BCUT2D eigenvalue weighted by Crippen LogP contribution is -2.55. The molecule has 1 aromatic carbocycles. The minimum Gasteiger partial charge on any atom is -0.347 e. The van der Waals surface area contributed by atoms with Crippen molar-refractivity contribution in [2.45, 2.75) is 25.4 Å². The summed E-state index contributed by atoms with van der Waals surface area (Å²) in [7, 11) is 0. The molecule has 124 valence electrons. The predicted molar refractivity (Wildman–Crippen MR) is 85.2 cm³/mol. The van der Waals surface area contributed by atoms with Crippen molar-refractivity contribution in [3.05, 3.63) is 29.6 Å². The molecule has 0 radical (unpaired) electrons.